The summed E-state index contributed by atoms with van der Waals surface area (Å²) in [6.07, 6.45) is 2.39. The Bertz CT molecular complexity index is 436. The summed E-state index contributed by atoms with van der Waals surface area (Å²) in [5, 5.41) is 6.57. The fraction of sp³-hybridized carbons (Fsp3) is 0.750. The molecule has 2 rings (SSSR count). The van der Waals surface area contributed by atoms with Crippen LogP contribution in [-0.4, -0.2) is 44.9 Å². The summed E-state index contributed by atoms with van der Waals surface area (Å²) in [6, 6.07) is 0. The van der Waals surface area contributed by atoms with Gasteiger partial charge in [0.25, 0.3) is 0 Å². The minimum atomic E-state index is 0.217. The fourth-order valence-corrected chi connectivity index (χ4v) is 2.30. The highest BCUT2D eigenvalue weighted by Crippen LogP contribution is 2.11. The van der Waals surface area contributed by atoms with Crippen molar-refractivity contribution in [1.29, 1.82) is 0 Å². The largest absolute Gasteiger partial charge is 0.253 e. The average Bonchev–Trinajstić information content (AvgIpc) is 2.87. The van der Waals surface area contributed by atoms with Crippen LogP contribution in [0.25, 0.3) is 0 Å². The molecule has 0 aliphatic carbocycles. The van der Waals surface area contributed by atoms with Gasteiger partial charge in [-0.15, -0.1) is 0 Å². The van der Waals surface area contributed by atoms with Gasteiger partial charge in [-0.25, -0.2) is 14.7 Å². The van der Waals surface area contributed by atoms with Crippen molar-refractivity contribution < 1.29 is 0 Å². The zero-order valence-electron chi connectivity index (χ0n) is 11.6. The van der Waals surface area contributed by atoms with Crippen LogP contribution in [0.15, 0.2) is 4.99 Å². The zero-order valence-corrected chi connectivity index (χ0v) is 11.6. The number of nitrogens with one attached hydrogen (secondary N) is 1. The topological polar surface area (TPSA) is 58.3 Å². The highest BCUT2D eigenvalue weighted by Gasteiger charge is 2.23. The van der Waals surface area contributed by atoms with Crippen molar-refractivity contribution in [2.24, 2.45) is 4.99 Å². The van der Waals surface area contributed by atoms with Gasteiger partial charge >= 0.3 is 0 Å². The van der Waals surface area contributed by atoms with Crippen LogP contribution in [0, 0.1) is 13.8 Å². The molecule has 1 aliphatic rings. The molecular weight excluding hydrogens is 228 g/mol. The first-order valence-corrected chi connectivity index (χ1v) is 6.57. The van der Waals surface area contributed by atoms with E-state index < -0.39 is 0 Å². The summed E-state index contributed by atoms with van der Waals surface area (Å²) in [6.45, 7) is 10.0. The lowest BCUT2D eigenvalue weighted by Crippen LogP contribution is -2.37. The van der Waals surface area contributed by atoms with Gasteiger partial charge in [-0.1, -0.05) is 6.92 Å². The molecule has 18 heavy (non-hydrogen) atoms. The van der Waals surface area contributed by atoms with E-state index in [-0.39, 0.29) is 6.17 Å². The van der Waals surface area contributed by atoms with Crippen molar-refractivity contribution in [2.75, 3.05) is 13.1 Å². The number of aromatic nitrogens is 3. The van der Waals surface area contributed by atoms with E-state index in [1.54, 1.807) is 0 Å². The Balaban J connectivity index is 2.14. The van der Waals surface area contributed by atoms with Gasteiger partial charge in [-0.05, 0) is 33.6 Å². The first kappa shape index (κ1) is 13.2. The molecule has 0 radical (unpaired) electrons. The second kappa shape index (κ2) is 5.58. The SMILES string of the molecule is CCCN1NCCC1/N=C(/C)n1nc(C)nc1C. The molecule has 1 unspecified atom stereocenters. The van der Waals surface area contributed by atoms with Crippen LogP contribution < -0.4 is 5.43 Å². The van der Waals surface area contributed by atoms with Gasteiger partial charge < -0.3 is 0 Å². The van der Waals surface area contributed by atoms with E-state index in [1.165, 1.54) is 0 Å². The molecule has 0 saturated carbocycles. The highest BCUT2D eigenvalue weighted by molar-refractivity contribution is 5.81. The number of hydrogen-bond acceptors (Lipinski definition) is 5. The Kier molecular flexibility index (Phi) is 4.08. The first-order valence-electron chi connectivity index (χ1n) is 6.57. The molecule has 1 aliphatic heterocycles. The normalized spacial score (nSPS) is 21.8. The molecule has 0 aromatic carbocycles. The molecule has 0 amide bonds. The number of aliphatic imine (C=N–C) groups is 1. The van der Waals surface area contributed by atoms with Crippen LogP contribution in [0.3, 0.4) is 0 Å². The van der Waals surface area contributed by atoms with Crippen LogP contribution in [0.1, 0.15) is 38.3 Å². The Hall–Kier alpha value is -1.27. The van der Waals surface area contributed by atoms with Gasteiger partial charge in [0.1, 0.15) is 23.7 Å². The van der Waals surface area contributed by atoms with Gasteiger partial charge in [-0.3, -0.25) is 10.4 Å². The lowest BCUT2D eigenvalue weighted by Gasteiger charge is -2.20. The van der Waals surface area contributed by atoms with E-state index in [4.69, 9.17) is 4.99 Å². The fourth-order valence-electron chi connectivity index (χ4n) is 2.30. The molecule has 1 aromatic rings. The van der Waals surface area contributed by atoms with Crippen molar-refractivity contribution in [2.45, 2.75) is 46.7 Å². The second-order valence-corrected chi connectivity index (χ2v) is 4.67. The third-order valence-corrected chi connectivity index (χ3v) is 3.06. The summed E-state index contributed by atoms with van der Waals surface area (Å²) >= 11 is 0. The predicted molar refractivity (Wildman–Crippen MR) is 71.4 cm³/mol. The van der Waals surface area contributed by atoms with Gasteiger partial charge in [0, 0.05) is 13.1 Å². The van der Waals surface area contributed by atoms with Crippen LogP contribution in [0.5, 0.6) is 0 Å². The second-order valence-electron chi connectivity index (χ2n) is 4.67. The Morgan fingerprint density at radius 1 is 1.50 bits per heavy atom. The number of aryl methyl sites for hydroxylation is 2. The Morgan fingerprint density at radius 2 is 2.28 bits per heavy atom. The molecule has 0 bridgehead atoms. The smallest absolute Gasteiger partial charge is 0.148 e. The van der Waals surface area contributed by atoms with Crippen LogP contribution in [-0.2, 0) is 0 Å². The van der Waals surface area contributed by atoms with Crippen molar-refractivity contribution in [3.8, 4) is 0 Å². The maximum absolute atomic E-state index is 4.76. The van der Waals surface area contributed by atoms with Gasteiger partial charge in [0.2, 0.25) is 0 Å². The van der Waals surface area contributed by atoms with Crippen molar-refractivity contribution in [3.05, 3.63) is 11.6 Å². The summed E-state index contributed by atoms with van der Waals surface area (Å²) in [5.41, 5.74) is 3.37. The molecule has 100 valence electrons. The van der Waals surface area contributed by atoms with E-state index >= 15 is 0 Å². The Labute approximate surface area is 108 Å². The van der Waals surface area contributed by atoms with Crippen LogP contribution >= 0.6 is 0 Å². The van der Waals surface area contributed by atoms with Crippen LogP contribution in [0.2, 0.25) is 0 Å². The molecule has 1 atom stereocenters. The number of hydrazine groups is 1. The number of rotatable bonds is 3. The minimum Gasteiger partial charge on any atom is -0.253 e. The third kappa shape index (κ3) is 2.76. The molecule has 1 saturated heterocycles. The van der Waals surface area contributed by atoms with E-state index in [9.17, 15) is 0 Å². The quantitative estimate of drug-likeness (QED) is 0.645. The van der Waals surface area contributed by atoms with Crippen molar-refractivity contribution in [1.82, 2.24) is 25.2 Å². The summed E-state index contributed by atoms with van der Waals surface area (Å²) < 4.78 is 1.82. The lowest BCUT2D eigenvalue weighted by atomic mass is 10.3. The molecule has 6 nitrogen and oxygen atoms in total. The van der Waals surface area contributed by atoms with Crippen molar-refractivity contribution in [3.63, 3.8) is 0 Å². The molecule has 1 N–H and O–H groups in total. The van der Waals surface area contributed by atoms with Crippen molar-refractivity contribution >= 4 is 5.84 Å². The van der Waals surface area contributed by atoms with Gasteiger partial charge in [-0.2, -0.15) is 5.10 Å². The molecule has 1 fully saturated rings. The standard InChI is InChI=1S/C12H22N6/c1-5-8-17-12(6-7-13-17)15-11(4)18-10(3)14-9(2)16-18/h12-13H,5-8H2,1-4H3/b15-11-. The number of nitrogens with zero attached hydrogens (tertiary/aromatic N) is 5. The Morgan fingerprint density at radius 3 is 2.89 bits per heavy atom. The van der Waals surface area contributed by atoms with Gasteiger partial charge in [0.05, 0.1) is 0 Å². The van der Waals surface area contributed by atoms with E-state index in [2.05, 4.69) is 27.4 Å². The van der Waals surface area contributed by atoms with Crippen LogP contribution in [0.4, 0.5) is 0 Å². The molecule has 1 aromatic heterocycles. The summed E-state index contributed by atoms with van der Waals surface area (Å²) in [5.74, 6) is 2.58. The number of hydrogen-bond donors (Lipinski definition) is 1. The molecular formula is C12H22N6. The minimum absolute atomic E-state index is 0.217. The maximum atomic E-state index is 4.76. The monoisotopic (exact) mass is 250 g/mol. The molecule has 6 heteroatoms. The molecule has 0 spiro atoms. The summed E-state index contributed by atoms with van der Waals surface area (Å²) in [7, 11) is 0. The van der Waals surface area contributed by atoms with Gasteiger partial charge in [0.15, 0.2) is 0 Å². The predicted octanol–water partition coefficient (Wildman–Crippen LogP) is 1.11. The average molecular weight is 250 g/mol. The maximum Gasteiger partial charge on any atom is 0.148 e. The summed E-state index contributed by atoms with van der Waals surface area (Å²) in [4.78, 5) is 9.06. The zero-order chi connectivity index (χ0) is 13.1. The lowest BCUT2D eigenvalue weighted by molar-refractivity contribution is 0.192. The van der Waals surface area contributed by atoms with E-state index in [1.807, 2.05) is 25.5 Å². The molecule has 2 heterocycles. The first-order chi connectivity index (χ1) is 8.61. The van der Waals surface area contributed by atoms with E-state index in [0.29, 0.717) is 0 Å². The van der Waals surface area contributed by atoms with E-state index in [0.717, 1.165) is 43.4 Å². The highest BCUT2D eigenvalue weighted by atomic mass is 15.6. The third-order valence-electron chi connectivity index (χ3n) is 3.06.